The summed E-state index contributed by atoms with van der Waals surface area (Å²) in [6, 6.07) is 68.6. The summed E-state index contributed by atoms with van der Waals surface area (Å²) in [5.74, 6) is 1.98. The van der Waals surface area contributed by atoms with Crippen molar-refractivity contribution in [1.29, 1.82) is 5.26 Å². The van der Waals surface area contributed by atoms with Gasteiger partial charge in [0.25, 0.3) is 0 Å². The van der Waals surface area contributed by atoms with Gasteiger partial charge in [-0.05, 0) is 144 Å². The van der Waals surface area contributed by atoms with Crippen LogP contribution in [0, 0.1) is 24.5 Å². The van der Waals surface area contributed by atoms with Crippen LogP contribution in [0.5, 0.6) is 11.8 Å². The first-order valence-corrected chi connectivity index (χ1v) is 39.6. The quantitative estimate of drug-likeness (QED) is 0.0195. The summed E-state index contributed by atoms with van der Waals surface area (Å²) >= 11 is 0. The van der Waals surface area contributed by atoms with Crippen molar-refractivity contribution >= 4 is 153 Å². The number of anilines is 5. The van der Waals surface area contributed by atoms with Crippen LogP contribution in [0.1, 0.15) is 61.8 Å². The molecule has 634 valence electrons. The maximum absolute atomic E-state index is 12.4. The number of oxazole rings is 3. The zero-order valence-electron chi connectivity index (χ0n) is 68.8. The van der Waals surface area contributed by atoms with Crippen LogP contribution in [0.15, 0.2) is 238 Å². The van der Waals surface area contributed by atoms with Gasteiger partial charge in [0.15, 0.2) is 34.3 Å². The van der Waals surface area contributed by atoms with Crippen LogP contribution in [0.2, 0.25) is 0 Å². The zero-order chi connectivity index (χ0) is 88.5. The fourth-order valence-corrected chi connectivity index (χ4v) is 12.8. The van der Waals surface area contributed by atoms with Gasteiger partial charge in [-0.3, -0.25) is 4.79 Å². The third-order valence-corrected chi connectivity index (χ3v) is 19.5. The summed E-state index contributed by atoms with van der Waals surface area (Å²) in [6.45, 7) is 18.7. The van der Waals surface area contributed by atoms with Crippen LogP contribution in [0.4, 0.5) is 33.8 Å². The summed E-state index contributed by atoms with van der Waals surface area (Å²) in [5, 5.41) is 32.1. The van der Waals surface area contributed by atoms with Gasteiger partial charge in [-0.1, -0.05) is 103 Å². The van der Waals surface area contributed by atoms with Gasteiger partial charge in [0.1, 0.15) is 59.5 Å². The molecule has 0 aliphatic carbocycles. The average Bonchev–Trinajstić information content (AvgIpc) is 1.72. The number of H-pyrrole nitrogens is 2. The first kappa shape index (κ1) is 86.3. The number of nitrogen functional groups attached to an aromatic ring is 2. The monoisotopic (exact) mass is 1690 g/mol. The number of likely N-dealkylation sites (N-methyl/N-ethyl adjacent to an activating group) is 3. The number of amides is 1. The number of rotatable bonds is 25. The van der Waals surface area contributed by atoms with Crippen LogP contribution in [0.3, 0.4) is 0 Å². The van der Waals surface area contributed by atoms with Gasteiger partial charge >= 0.3 is 6.09 Å². The number of aromatic amines is 2. The van der Waals surface area contributed by atoms with E-state index in [9.17, 15) is 9.59 Å². The number of para-hydroxylation sites is 6. The number of carbonyl (C=O) groups excluding carboxylic acids is 2. The van der Waals surface area contributed by atoms with E-state index in [0.29, 0.717) is 125 Å². The summed E-state index contributed by atoms with van der Waals surface area (Å²) < 4.78 is 33.7. The normalized spacial score (nSPS) is 11.1. The number of nitriles is 1. The standard InChI is InChI=1S/C36H30N10O4.C22H18N4O2.C13H14N6O.C13H14N2O2.C9H6N2O/c1-38-29(33-43-28-5-3-4-6-30(28)50-33)18-25-12-11-24-17-26(13-14-27(24)42-25)46(2)15-16-48-36(47)39-19-22-7-9-23(10-8-22)20-49-34-31-32(41-21-40-31)44-35(37)45-34;1-23-20(22-25-19-5-3-4-6-21(19)28-22)14-16-8-7-15-13-17(26(2)11-12-27)9-10-18(15)24-16;14-5-8-1-3-9(4-2-8)6-20-12-10-11(17-7-16-10)18-13(15)19-12;1-15(6-7-16)12-4-5-13-10(8-12)2-3-11(9-17)14-13;10-6-5-9-11-7-3-1-2-4-8(7)12-9/h3-14,17-18,21H,15-16,19-20H2,2H3,(H,39,47)(H3,37,40,41,44,45);3-10,13-14,27H,11-12H2,2H3;1-4,7H,5-6,14H2,(H3,15,16,17,18,19);2-5,8-9,16H,6-7H2,1H3;1-4H,5H2/b29-18-;20-14-;;;. The molecule has 0 atom stereocenters. The maximum atomic E-state index is 12.4. The molecular formula is C93H82N24O10. The number of benzene rings is 8. The number of aldehydes is 1. The molecule has 0 bridgehead atoms. The highest BCUT2D eigenvalue weighted by Gasteiger charge is 2.18. The molecule has 0 aliphatic heterocycles. The Morgan fingerprint density at radius 3 is 1.35 bits per heavy atom. The number of alkyl carbamates (subject to hydrolysis) is 1. The Kier molecular flexibility index (Phi) is 28.1. The Labute approximate surface area is 725 Å². The summed E-state index contributed by atoms with van der Waals surface area (Å²) in [4.78, 5) is 92.9. The topological polar surface area (TPSA) is 460 Å². The van der Waals surface area contributed by atoms with Gasteiger partial charge < -0.3 is 84.9 Å². The molecule has 0 spiro atoms. The number of pyridine rings is 3. The highest BCUT2D eigenvalue weighted by Crippen LogP contribution is 2.31. The first-order chi connectivity index (χ1) is 62.0. The Hall–Kier alpha value is -17.1. The Morgan fingerprint density at radius 2 is 0.921 bits per heavy atom. The van der Waals surface area contributed by atoms with Crippen molar-refractivity contribution in [2.24, 2.45) is 5.73 Å². The minimum atomic E-state index is -0.504. The molecule has 0 saturated carbocycles. The van der Waals surface area contributed by atoms with Crippen molar-refractivity contribution in [3.8, 4) is 17.8 Å². The van der Waals surface area contributed by atoms with E-state index in [2.05, 4.69) is 79.8 Å². The number of hydrogen-bond acceptors (Lipinski definition) is 29. The number of nitrogens with two attached hydrogens (primary N) is 3. The van der Waals surface area contributed by atoms with Crippen molar-refractivity contribution in [2.45, 2.75) is 32.7 Å². The largest absolute Gasteiger partial charge is 0.471 e. The molecule has 18 aromatic rings. The van der Waals surface area contributed by atoms with Crippen LogP contribution in [-0.4, -0.2) is 153 Å². The molecule has 0 fully saturated rings. The molecule has 0 saturated heterocycles. The smallest absolute Gasteiger partial charge is 0.407 e. The number of nitrogens with one attached hydrogen (secondary N) is 3. The molecule has 18 rings (SSSR count). The molecule has 0 radical (unpaired) electrons. The van der Waals surface area contributed by atoms with Gasteiger partial charge in [0.05, 0.1) is 79.6 Å². The van der Waals surface area contributed by atoms with E-state index in [1.54, 1.807) is 18.2 Å². The van der Waals surface area contributed by atoms with E-state index >= 15 is 0 Å². The van der Waals surface area contributed by atoms with Gasteiger partial charge in [0.2, 0.25) is 52.7 Å². The lowest BCUT2D eigenvalue weighted by Gasteiger charge is -2.19. The second-order valence-corrected chi connectivity index (χ2v) is 28.2. The van der Waals surface area contributed by atoms with E-state index in [1.807, 2.05) is 248 Å². The molecule has 1 amide bonds. The SMILES string of the molecule is CN(CCO)c1ccc2nc(C=O)ccc2c1.N#CCc1nc2ccccc2o1.NCc1ccc(COc2nc(N)nc3nc[nH]c23)cc1.[C-]#[N+]/C(=C\c1ccc2cc(N(C)CCO)ccc2n1)c1nc2ccccc2o1.[C-]#[N+]/C(=C\c1ccc2cc(N(C)CCOC(=O)NCc3ccc(COc4nc(N)nc5nc[nH]c45)cc3)ccc2n1)c1nc2ccccc2o1. The van der Waals surface area contributed by atoms with Gasteiger partial charge in [0, 0.05) is 80.5 Å². The van der Waals surface area contributed by atoms with Crippen molar-refractivity contribution < 1.29 is 47.3 Å². The van der Waals surface area contributed by atoms with Crippen molar-refractivity contribution in [1.82, 2.24) is 75.1 Å². The van der Waals surface area contributed by atoms with E-state index in [0.717, 1.165) is 94.9 Å². The number of aliphatic hydroxyl groups is 2. The van der Waals surface area contributed by atoms with Gasteiger partial charge in [-0.15, -0.1) is 0 Å². The molecule has 10 aromatic heterocycles. The van der Waals surface area contributed by atoms with Crippen molar-refractivity contribution in [3.63, 3.8) is 0 Å². The molecule has 34 heteroatoms. The third kappa shape index (κ3) is 22.3. The lowest BCUT2D eigenvalue weighted by Crippen LogP contribution is -2.28. The first-order valence-electron chi connectivity index (χ1n) is 39.6. The number of aromatic nitrogens is 14. The van der Waals surface area contributed by atoms with Gasteiger partial charge in [-0.25, -0.2) is 54.4 Å². The second kappa shape index (κ2) is 41.4. The Balaban J connectivity index is 0.000000142. The molecule has 0 unspecified atom stereocenters. The van der Waals surface area contributed by atoms with Gasteiger partial charge in [-0.2, -0.15) is 25.2 Å². The third-order valence-electron chi connectivity index (χ3n) is 19.5. The number of nitrogens with zero attached hydrogens (tertiary/aromatic N) is 18. The average molecular weight is 1700 g/mol. The summed E-state index contributed by atoms with van der Waals surface area (Å²) in [7, 11) is 5.78. The predicted octanol–water partition coefficient (Wildman–Crippen LogP) is 14.5. The molecule has 34 nitrogen and oxygen atoms in total. The molecule has 8 aromatic carbocycles. The minimum absolute atomic E-state index is 0.0846. The van der Waals surface area contributed by atoms with E-state index in [1.165, 1.54) is 12.7 Å². The van der Waals surface area contributed by atoms with Crippen LogP contribution < -0.4 is 46.7 Å². The van der Waals surface area contributed by atoms with E-state index in [4.69, 9.17) is 78.3 Å². The lowest BCUT2D eigenvalue weighted by molar-refractivity contribution is 0.111. The Bertz CT molecular complexity index is 7010. The van der Waals surface area contributed by atoms with Crippen LogP contribution in [-0.2, 0) is 37.5 Å². The van der Waals surface area contributed by atoms with Crippen LogP contribution in [0.25, 0.3) is 122 Å². The van der Waals surface area contributed by atoms with E-state index in [-0.39, 0.29) is 56.3 Å². The second-order valence-electron chi connectivity index (χ2n) is 28.2. The zero-order valence-corrected chi connectivity index (χ0v) is 68.8. The fraction of sp³-hybridized carbons (Fsp3) is 0.151. The highest BCUT2D eigenvalue weighted by molar-refractivity contribution is 5.91. The molecular weight excluding hydrogens is 1610 g/mol. The van der Waals surface area contributed by atoms with Crippen molar-refractivity contribution in [2.75, 3.05) is 86.8 Å². The van der Waals surface area contributed by atoms with E-state index < -0.39 is 6.09 Å². The number of imidazole rings is 2. The summed E-state index contributed by atoms with van der Waals surface area (Å²) in [6.07, 6.45) is 6.86. The summed E-state index contributed by atoms with van der Waals surface area (Å²) in [5.41, 5.74) is 34.9. The highest BCUT2D eigenvalue weighted by atomic mass is 16.5. The molecule has 0 aliphatic rings. The molecule has 127 heavy (non-hydrogen) atoms. The minimum Gasteiger partial charge on any atom is -0.471 e. The predicted molar refractivity (Wildman–Crippen MR) is 485 cm³/mol. The molecule has 10 heterocycles. The number of hydrogen-bond donors (Lipinski definition) is 8. The molecule has 11 N–H and O–H groups in total. The lowest BCUT2D eigenvalue weighted by atomic mass is 10.1. The van der Waals surface area contributed by atoms with Crippen molar-refractivity contribution in [3.05, 3.63) is 305 Å². The maximum Gasteiger partial charge on any atom is 0.407 e. The number of aliphatic hydroxyl groups excluding tert-OH is 2. The fourth-order valence-electron chi connectivity index (χ4n) is 12.8. The number of ether oxygens (including phenoxy) is 3. The Morgan fingerprint density at radius 1 is 0.504 bits per heavy atom. The number of fused-ring (bicyclic) bond motifs is 8. The number of carbonyl (C=O) groups is 2. The van der Waals surface area contributed by atoms with Crippen LogP contribution >= 0.6 is 0 Å².